The SMILES string of the molecule is Cc1cc(C(=O)Nc2cccc(Cn3nc4ccccn4c3=O)c2)c2cnn(Cc3cccs3)c2n1. The topological polar surface area (TPSA) is 99.1 Å². The van der Waals surface area contributed by atoms with E-state index in [2.05, 4.69) is 26.6 Å². The number of thiophene rings is 1. The number of benzene rings is 1. The number of pyridine rings is 2. The Balaban J connectivity index is 1.26. The first-order valence-electron chi connectivity index (χ1n) is 11.4. The number of anilines is 1. The Morgan fingerprint density at radius 3 is 2.78 bits per heavy atom. The van der Waals surface area contributed by atoms with Gasteiger partial charge in [0.05, 0.1) is 30.2 Å². The minimum atomic E-state index is -0.247. The molecule has 0 saturated heterocycles. The number of hydrogen-bond acceptors (Lipinski definition) is 6. The fourth-order valence-corrected chi connectivity index (χ4v) is 4.90. The number of hydrogen-bond donors (Lipinski definition) is 1. The standard InChI is InChI=1S/C26H21N7O2S/c1-17-12-21(22-14-27-32(24(22)28-17)16-20-8-5-11-36-20)25(34)29-19-7-4-6-18(13-19)15-33-26(35)31-10-3-2-9-23(31)30-33/h2-14H,15-16H2,1H3,(H,29,34). The predicted molar refractivity (Wildman–Crippen MR) is 139 cm³/mol. The minimum absolute atomic E-state index is 0.214. The van der Waals surface area contributed by atoms with Gasteiger partial charge in [0.25, 0.3) is 5.91 Å². The van der Waals surface area contributed by atoms with Crippen molar-refractivity contribution in [2.24, 2.45) is 0 Å². The number of carbonyl (C=O) groups excluding carboxylic acids is 1. The summed E-state index contributed by atoms with van der Waals surface area (Å²) in [6.45, 7) is 2.76. The molecule has 10 heteroatoms. The third kappa shape index (κ3) is 4.07. The summed E-state index contributed by atoms with van der Waals surface area (Å²) in [6, 6.07) is 18.7. The molecule has 0 unspecified atom stereocenters. The van der Waals surface area contributed by atoms with Gasteiger partial charge in [-0.3, -0.25) is 9.20 Å². The molecule has 0 fully saturated rings. The fraction of sp³-hybridized carbons (Fsp3) is 0.115. The molecule has 0 atom stereocenters. The van der Waals surface area contributed by atoms with Crippen molar-refractivity contribution < 1.29 is 4.79 Å². The first kappa shape index (κ1) is 21.9. The summed E-state index contributed by atoms with van der Waals surface area (Å²) in [7, 11) is 0. The lowest BCUT2D eigenvalue weighted by atomic mass is 10.1. The van der Waals surface area contributed by atoms with Gasteiger partial charge >= 0.3 is 5.69 Å². The van der Waals surface area contributed by atoms with Crippen LogP contribution in [-0.2, 0) is 13.1 Å². The Hall–Kier alpha value is -4.57. The minimum Gasteiger partial charge on any atom is -0.322 e. The van der Waals surface area contributed by atoms with Crippen molar-refractivity contribution in [2.45, 2.75) is 20.0 Å². The van der Waals surface area contributed by atoms with Gasteiger partial charge in [-0.05, 0) is 54.3 Å². The van der Waals surface area contributed by atoms with Crippen molar-refractivity contribution in [1.29, 1.82) is 0 Å². The second-order valence-corrected chi connectivity index (χ2v) is 9.49. The molecule has 0 aliphatic carbocycles. The molecule has 6 aromatic rings. The molecule has 0 saturated carbocycles. The highest BCUT2D eigenvalue weighted by molar-refractivity contribution is 7.09. The van der Waals surface area contributed by atoms with Gasteiger partial charge in [-0.25, -0.2) is 19.1 Å². The summed E-state index contributed by atoms with van der Waals surface area (Å²) in [5.41, 5.74) is 3.77. The number of aryl methyl sites for hydroxylation is 1. The van der Waals surface area contributed by atoms with Crippen LogP contribution >= 0.6 is 11.3 Å². The smallest absolute Gasteiger partial charge is 0.322 e. The number of aromatic nitrogens is 6. The van der Waals surface area contributed by atoms with Crippen LogP contribution in [0.25, 0.3) is 16.7 Å². The number of nitrogens with one attached hydrogen (secondary N) is 1. The molecule has 36 heavy (non-hydrogen) atoms. The zero-order valence-corrected chi connectivity index (χ0v) is 20.1. The van der Waals surface area contributed by atoms with Gasteiger partial charge in [0.2, 0.25) is 0 Å². The summed E-state index contributed by atoms with van der Waals surface area (Å²) in [6.07, 6.45) is 3.38. The van der Waals surface area contributed by atoms with Gasteiger partial charge in [0.15, 0.2) is 11.3 Å². The normalized spacial score (nSPS) is 11.4. The van der Waals surface area contributed by atoms with Crippen LogP contribution in [0.4, 0.5) is 5.69 Å². The molecule has 1 N–H and O–H groups in total. The summed E-state index contributed by atoms with van der Waals surface area (Å²) < 4.78 is 4.73. The Kier molecular flexibility index (Phi) is 5.42. The third-order valence-corrected chi connectivity index (χ3v) is 6.73. The number of carbonyl (C=O) groups is 1. The Morgan fingerprint density at radius 2 is 1.94 bits per heavy atom. The van der Waals surface area contributed by atoms with Crippen LogP contribution in [0.5, 0.6) is 0 Å². The number of nitrogens with zero attached hydrogens (tertiary/aromatic N) is 6. The second-order valence-electron chi connectivity index (χ2n) is 8.45. The molecule has 9 nitrogen and oxygen atoms in total. The molecule has 0 aliphatic rings. The summed E-state index contributed by atoms with van der Waals surface area (Å²) in [5, 5.41) is 14.6. The lowest BCUT2D eigenvalue weighted by molar-refractivity contribution is 0.102. The highest BCUT2D eigenvalue weighted by atomic mass is 32.1. The second kappa shape index (κ2) is 8.90. The van der Waals surface area contributed by atoms with Gasteiger partial charge in [-0.15, -0.1) is 16.4 Å². The van der Waals surface area contributed by atoms with Gasteiger partial charge in [-0.2, -0.15) is 5.10 Å². The number of amides is 1. The average molecular weight is 496 g/mol. The zero-order chi connectivity index (χ0) is 24.6. The van der Waals surface area contributed by atoms with Crippen molar-refractivity contribution in [1.82, 2.24) is 28.9 Å². The van der Waals surface area contributed by atoms with Crippen LogP contribution in [-0.4, -0.2) is 34.9 Å². The lowest BCUT2D eigenvalue weighted by Crippen LogP contribution is -2.21. The van der Waals surface area contributed by atoms with Gasteiger partial charge in [0, 0.05) is 22.5 Å². The molecule has 0 spiro atoms. The molecule has 0 aliphatic heterocycles. The molecular formula is C26H21N7O2S. The van der Waals surface area contributed by atoms with E-state index in [-0.39, 0.29) is 11.6 Å². The van der Waals surface area contributed by atoms with Gasteiger partial charge < -0.3 is 5.32 Å². The van der Waals surface area contributed by atoms with Crippen molar-refractivity contribution >= 4 is 39.6 Å². The van der Waals surface area contributed by atoms with E-state index >= 15 is 0 Å². The number of rotatable bonds is 6. The number of fused-ring (bicyclic) bond motifs is 2. The zero-order valence-electron chi connectivity index (χ0n) is 19.3. The quantitative estimate of drug-likeness (QED) is 0.377. The Labute approximate surface area is 209 Å². The molecular weight excluding hydrogens is 474 g/mol. The van der Waals surface area contributed by atoms with E-state index in [1.165, 1.54) is 9.08 Å². The molecule has 1 aromatic carbocycles. The first-order chi connectivity index (χ1) is 17.5. The largest absolute Gasteiger partial charge is 0.350 e. The van der Waals surface area contributed by atoms with Crippen molar-refractivity contribution in [3.63, 3.8) is 0 Å². The fourth-order valence-electron chi connectivity index (χ4n) is 4.22. The van der Waals surface area contributed by atoms with E-state index in [0.29, 0.717) is 41.0 Å². The molecule has 5 heterocycles. The van der Waals surface area contributed by atoms with Crippen molar-refractivity contribution in [3.05, 3.63) is 111 Å². The third-order valence-electron chi connectivity index (χ3n) is 5.87. The average Bonchev–Trinajstić information content (AvgIpc) is 3.60. The van der Waals surface area contributed by atoms with E-state index in [9.17, 15) is 9.59 Å². The van der Waals surface area contributed by atoms with E-state index < -0.39 is 0 Å². The van der Waals surface area contributed by atoms with Crippen LogP contribution in [0.2, 0.25) is 0 Å². The Morgan fingerprint density at radius 1 is 1.03 bits per heavy atom. The van der Waals surface area contributed by atoms with Crippen LogP contribution in [0, 0.1) is 6.92 Å². The van der Waals surface area contributed by atoms with E-state index in [1.807, 2.05) is 53.4 Å². The highest BCUT2D eigenvalue weighted by Gasteiger charge is 2.17. The van der Waals surface area contributed by atoms with E-state index in [1.54, 1.807) is 41.9 Å². The van der Waals surface area contributed by atoms with Crippen molar-refractivity contribution in [2.75, 3.05) is 5.32 Å². The maximum atomic E-state index is 13.3. The lowest BCUT2D eigenvalue weighted by Gasteiger charge is -2.09. The summed E-state index contributed by atoms with van der Waals surface area (Å²) in [5.74, 6) is -0.247. The predicted octanol–water partition coefficient (Wildman–Crippen LogP) is 3.96. The summed E-state index contributed by atoms with van der Waals surface area (Å²) >= 11 is 1.65. The van der Waals surface area contributed by atoms with Crippen LogP contribution in [0.1, 0.15) is 26.5 Å². The highest BCUT2D eigenvalue weighted by Crippen LogP contribution is 2.22. The molecule has 5 aromatic heterocycles. The maximum Gasteiger partial charge on any atom is 0.350 e. The molecule has 1 amide bonds. The molecule has 0 bridgehead atoms. The monoisotopic (exact) mass is 495 g/mol. The van der Waals surface area contributed by atoms with Crippen molar-refractivity contribution in [3.8, 4) is 0 Å². The van der Waals surface area contributed by atoms with Gasteiger partial charge in [-0.1, -0.05) is 24.3 Å². The van der Waals surface area contributed by atoms with Crippen LogP contribution < -0.4 is 11.0 Å². The molecule has 178 valence electrons. The maximum absolute atomic E-state index is 13.3. The van der Waals surface area contributed by atoms with Gasteiger partial charge in [0.1, 0.15) is 0 Å². The molecule has 6 rings (SSSR count). The summed E-state index contributed by atoms with van der Waals surface area (Å²) in [4.78, 5) is 31.7. The van der Waals surface area contributed by atoms with Crippen LogP contribution in [0.15, 0.2) is 83.2 Å². The Bertz CT molecular complexity index is 1780. The molecule has 0 radical (unpaired) electrons. The van der Waals surface area contributed by atoms with E-state index in [0.717, 1.165) is 16.1 Å². The van der Waals surface area contributed by atoms with E-state index in [4.69, 9.17) is 0 Å². The van der Waals surface area contributed by atoms with Crippen LogP contribution in [0.3, 0.4) is 0 Å². The first-order valence-corrected chi connectivity index (χ1v) is 12.2.